The molecule has 1 aromatic rings. The van der Waals surface area contributed by atoms with Crippen molar-refractivity contribution in [1.82, 2.24) is 19.6 Å². The lowest BCUT2D eigenvalue weighted by atomic mass is 10.1. The molecule has 7 nitrogen and oxygen atoms in total. The van der Waals surface area contributed by atoms with Crippen molar-refractivity contribution in [3.8, 4) is 0 Å². The van der Waals surface area contributed by atoms with Crippen LogP contribution in [0.3, 0.4) is 0 Å². The number of hydrogen-bond acceptors (Lipinski definition) is 5. The van der Waals surface area contributed by atoms with Gasteiger partial charge in [0.15, 0.2) is 0 Å². The fourth-order valence-corrected chi connectivity index (χ4v) is 3.29. The van der Waals surface area contributed by atoms with Crippen LogP contribution >= 0.6 is 0 Å². The fourth-order valence-electron chi connectivity index (χ4n) is 3.29. The van der Waals surface area contributed by atoms with Crippen molar-refractivity contribution in [2.45, 2.75) is 19.5 Å². The Balaban J connectivity index is 1.63. The van der Waals surface area contributed by atoms with Gasteiger partial charge >= 0.3 is 0 Å². The summed E-state index contributed by atoms with van der Waals surface area (Å²) in [6.45, 7) is 5.66. The van der Waals surface area contributed by atoms with Gasteiger partial charge in [0.05, 0.1) is 38.0 Å². The Labute approximate surface area is 143 Å². The van der Waals surface area contributed by atoms with Crippen LogP contribution in [0.15, 0.2) is 12.3 Å². The van der Waals surface area contributed by atoms with Crippen LogP contribution in [0, 0.1) is 11.8 Å². The maximum Gasteiger partial charge on any atom is 0.228 e. The quantitative estimate of drug-likeness (QED) is 0.706. The van der Waals surface area contributed by atoms with Crippen molar-refractivity contribution in [2.75, 3.05) is 53.6 Å². The fraction of sp³-hybridized carbons (Fsp3) is 0.765. The number of likely N-dealkylation sites (N-methyl/N-ethyl adjacent to an activating group) is 1. The largest absolute Gasteiger partial charge is 0.381 e. The van der Waals surface area contributed by atoms with Crippen LogP contribution in [0.1, 0.15) is 12.1 Å². The van der Waals surface area contributed by atoms with E-state index in [2.05, 4.69) is 10.00 Å². The van der Waals surface area contributed by atoms with Gasteiger partial charge in [-0.3, -0.25) is 9.48 Å². The summed E-state index contributed by atoms with van der Waals surface area (Å²) in [6, 6.07) is 2.00. The Morgan fingerprint density at radius 1 is 1.46 bits per heavy atom. The molecule has 3 heterocycles. The number of aromatic nitrogens is 2. The highest BCUT2D eigenvalue weighted by Crippen LogP contribution is 2.21. The maximum absolute atomic E-state index is 12.8. The molecule has 1 fully saturated rings. The molecule has 1 amide bonds. The van der Waals surface area contributed by atoms with Crippen LogP contribution in [0.4, 0.5) is 0 Å². The number of carbonyl (C=O) groups excluding carboxylic acids is 1. The Kier molecular flexibility index (Phi) is 5.86. The molecule has 0 bridgehead atoms. The molecule has 3 rings (SSSR count). The zero-order valence-electron chi connectivity index (χ0n) is 14.7. The monoisotopic (exact) mass is 336 g/mol. The van der Waals surface area contributed by atoms with Crippen molar-refractivity contribution in [3.63, 3.8) is 0 Å². The van der Waals surface area contributed by atoms with Crippen LogP contribution in [0.25, 0.3) is 0 Å². The number of rotatable bonds is 6. The van der Waals surface area contributed by atoms with Crippen molar-refractivity contribution in [1.29, 1.82) is 0 Å². The third-order valence-corrected chi connectivity index (χ3v) is 4.69. The van der Waals surface area contributed by atoms with Crippen molar-refractivity contribution < 1.29 is 14.3 Å². The van der Waals surface area contributed by atoms with Gasteiger partial charge in [0.2, 0.25) is 5.91 Å². The molecule has 0 spiro atoms. The van der Waals surface area contributed by atoms with Crippen molar-refractivity contribution in [2.24, 2.45) is 11.8 Å². The first-order valence-corrected chi connectivity index (χ1v) is 8.73. The number of ether oxygens (including phenoxy) is 2. The highest BCUT2D eigenvalue weighted by Gasteiger charge is 2.32. The van der Waals surface area contributed by atoms with Crippen LogP contribution in [-0.2, 0) is 27.4 Å². The number of hydrogen-bond donors (Lipinski definition) is 0. The van der Waals surface area contributed by atoms with E-state index in [0.717, 1.165) is 31.7 Å². The Bertz CT molecular complexity index is 540. The van der Waals surface area contributed by atoms with Crippen LogP contribution in [0.5, 0.6) is 0 Å². The standard InChI is InChI=1S/C17H28N4O3/c1-19(2)6-8-24-12-14-9-20(17(22)15-4-7-23-13-15)11-16-3-5-18-21(16)10-14/h3,5,14-15H,4,6-13H2,1-2H3/t14-,15-/m1/s1. The van der Waals surface area contributed by atoms with Crippen molar-refractivity contribution in [3.05, 3.63) is 18.0 Å². The molecular formula is C17H28N4O3. The minimum atomic E-state index is 0.00906. The smallest absolute Gasteiger partial charge is 0.228 e. The van der Waals surface area contributed by atoms with Crippen molar-refractivity contribution >= 4 is 5.91 Å². The molecular weight excluding hydrogens is 308 g/mol. The molecule has 0 radical (unpaired) electrons. The number of fused-ring (bicyclic) bond motifs is 1. The van der Waals surface area contributed by atoms with E-state index in [1.165, 1.54) is 0 Å². The van der Waals surface area contributed by atoms with Gasteiger partial charge in [-0.05, 0) is 26.6 Å². The minimum absolute atomic E-state index is 0.00906. The molecule has 0 unspecified atom stereocenters. The topological polar surface area (TPSA) is 59.8 Å². The molecule has 0 N–H and O–H groups in total. The summed E-state index contributed by atoms with van der Waals surface area (Å²) in [7, 11) is 4.07. The summed E-state index contributed by atoms with van der Waals surface area (Å²) in [5.74, 6) is 0.481. The number of amides is 1. The first-order chi connectivity index (χ1) is 11.6. The van der Waals surface area contributed by atoms with Gasteiger partial charge in [0.25, 0.3) is 0 Å². The van der Waals surface area contributed by atoms with E-state index in [-0.39, 0.29) is 17.7 Å². The van der Waals surface area contributed by atoms with Gasteiger partial charge in [-0.1, -0.05) is 0 Å². The summed E-state index contributed by atoms with van der Waals surface area (Å²) in [5.41, 5.74) is 1.10. The second-order valence-corrected chi connectivity index (χ2v) is 7.03. The highest BCUT2D eigenvalue weighted by molar-refractivity contribution is 5.79. The first kappa shape index (κ1) is 17.4. The summed E-state index contributed by atoms with van der Waals surface area (Å²) in [5, 5.41) is 4.40. The summed E-state index contributed by atoms with van der Waals surface area (Å²) in [6.07, 6.45) is 2.64. The average molecular weight is 336 g/mol. The van der Waals surface area contributed by atoms with E-state index in [0.29, 0.717) is 33.0 Å². The van der Waals surface area contributed by atoms with Gasteiger partial charge < -0.3 is 19.3 Å². The molecule has 2 aliphatic rings. The molecule has 0 aliphatic carbocycles. The number of nitrogens with zero attached hydrogens (tertiary/aromatic N) is 4. The van der Waals surface area contributed by atoms with Gasteiger partial charge in [-0.2, -0.15) is 5.10 Å². The lowest BCUT2D eigenvalue weighted by molar-refractivity contribution is -0.137. The van der Waals surface area contributed by atoms with Gasteiger partial charge in [0.1, 0.15) is 0 Å². The highest BCUT2D eigenvalue weighted by atomic mass is 16.5. The van der Waals surface area contributed by atoms with E-state index < -0.39 is 0 Å². The van der Waals surface area contributed by atoms with Gasteiger partial charge in [-0.15, -0.1) is 0 Å². The van der Waals surface area contributed by atoms with Crippen LogP contribution < -0.4 is 0 Å². The molecule has 0 saturated carbocycles. The molecule has 2 atom stereocenters. The van der Waals surface area contributed by atoms with Gasteiger partial charge in [0, 0.05) is 38.4 Å². The Morgan fingerprint density at radius 3 is 3.08 bits per heavy atom. The molecule has 7 heteroatoms. The molecule has 24 heavy (non-hydrogen) atoms. The second-order valence-electron chi connectivity index (χ2n) is 7.03. The third-order valence-electron chi connectivity index (χ3n) is 4.69. The summed E-state index contributed by atoms with van der Waals surface area (Å²) in [4.78, 5) is 16.9. The first-order valence-electron chi connectivity index (χ1n) is 8.73. The van der Waals surface area contributed by atoms with Gasteiger partial charge in [-0.25, -0.2) is 0 Å². The average Bonchev–Trinajstić information content (AvgIpc) is 3.19. The summed E-state index contributed by atoms with van der Waals surface area (Å²) >= 11 is 0. The molecule has 1 aromatic heterocycles. The number of carbonyl (C=O) groups is 1. The SMILES string of the molecule is CN(C)CCOC[C@@H]1CN(C(=O)[C@@H]2CCOC2)Cc2ccnn2C1. The zero-order chi connectivity index (χ0) is 16.9. The predicted octanol–water partition coefficient (Wildman–Crippen LogP) is 0.456. The second kappa shape index (κ2) is 8.09. The van der Waals surface area contributed by atoms with E-state index in [9.17, 15) is 4.79 Å². The molecule has 1 saturated heterocycles. The predicted molar refractivity (Wildman–Crippen MR) is 89.4 cm³/mol. The Morgan fingerprint density at radius 2 is 2.33 bits per heavy atom. The molecule has 2 aliphatic heterocycles. The molecule has 134 valence electrons. The van der Waals surface area contributed by atoms with Crippen LogP contribution in [0.2, 0.25) is 0 Å². The third kappa shape index (κ3) is 4.34. The Hall–Kier alpha value is -1.44. The van der Waals surface area contributed by atoms with Crippen LogP contribution in [-0.4, -0.2) is 79.1 Å². The maximum atomic E-state index is 12.8. The minimum Gasteiger partial charge on any atom is -0.381 e. The van der Waals surface area contributed by atoms with E-state index in [4.69, 9.17) is 9.47 Å². The normalized spacial score (nSPS) is 24.2. The summed E-state index contributed by atoms with van der Waals surface area (Å²) < 4.78 is 13.2. The lowest BCUT2D eigenvalue weighted by Gasteiger charge is -2.26. The lowest BCUT2D eigenvalue weighted by Crippen LogP contribution is -2.39. The zero-order valence-corrected chi connectivity index (χ0v) is 14.7. The molecule has 0 aromatic carbocycles. The van der Waals surface area contributed by atoms with E-state index in [1.807, 2.05) is 35.9 Å². The van der Waals surface area contributed by atoms with E-state index >= 15 is 0 Å². The van der Waals surface area contributed by atoms with E-state index in [1.54, 1.807) is 0 Å².